The van der Waals surface area contributed by atoms with E-state index in [4.69, 9.17) is 9.15 Å². The van der Waals surface area contributed by atoms with Gasteiger partial charge in [-0.2, -0.15) is 0 Å². The average molecular weight is 447 g/mol. The third kappa shape index (κ3) is 5.41. The van der Waals surface area contributed by atoms with E-state index in [0.717, 1.165) is 12.1 Å². The van der Waals surface area contributed by atoms with Gasteiger partial charge >= 0.3 is 5.91 Å². The lowest BCUT2D eigenvalue weighted by atomic mass is 10.1. The number of aryl methyl sites for hydroxylation is 1. The van der Waals surface area contributed by atoms with E-state index in [2.05, 4.69) is 17.8 Å². The van der Waals surface area contributed by atoms with Crippen molar-refractivity contribution < 1.29 is 23.5 Å². The summed E-state index contributed by atoms with van der Waals surface area (Å²) >= 11 is 0. The van der Waals surface area contributed by atoms with Crippen molar-refractivity contribution in [3.8, 4) is 5.75 Å². The zero-order chi connectivity index (χ0) is 23.2. The van der Waals surface area contributed by atoms with E-state index in [-0.39, 0.29) is 31.2 Å². The highest BCUT2D eigenvalue weighted by molar-refractivity contribution is 6.01. The van der Waals surface area contributed by atoms with Gasteiger partial charge in [0.05, 0.1) is 5.92 Å². The maximum atomic E-state index is 12.5. The molecule has 1 aliphatic rings. The molecule has 0 saturated carbocycles. The van der Waals surface area contributed by atoms with E-state index >= 15 is 0 Å². The van der Waals surface area contributed by atoms with Crippen LogP contribution in [0.5, 0.6) is 5.75 Å². The van der Waals surface area contributed by atoms with Crippen LogP contribution in [0, 0.1) is 5.92 Å². The second-order valence-electron chi connectivity index (χ2n) is 7.74. The Bertz CT molecular complexity index is 1120. The Morgan fingerprint density at radius 1 is 1.03 bits per heavy atom. The molecule has 1 aliphatic heterocycles. The number of nitrogens with one attached hydrogen (secondary N) is 2. The zero-order valence-electron chi connectivity index (χ0n) is 18.2. The number of amides is 3. The third-order valence-electron chi connectivity index (χ3n) is 5.46. The van der Waals surface area contributed by atoms with Crippen molar-refractivity contribution in [2.75, 3.05) is 11.4 Å². The van der Waals surface area contributed by atoms with E-state index in [1.807, 2.05) is 54.6 Å². The number of nitrogens with zero attached hydrogens (tertiary/aromatic N) is 1. The highest BCUT2D eigenvalue weighted by Gasteiger charge is 2.35. The molecule has 2 heterocycles. The molecule has 3 amide bonds. The monoisotopic (exact) mass is 447 g/mol. The summed E-state index contributed by atoms with van der Waals surface area (Å²) in [5, 5.41) is 0. The van der Waals surface area contributed by atoms with Crippen molar-refractivity contribution in [1.29, 1.82) is 0 Å². The number of hydrazine groups is 1. The molecule has 0 radical (unpaired) electrons. The van der Waals surface area contributed by atoms with E-state index < -0.39 is 17.7 Å². The molecule has 3 aromatic rings. The molecule has 0 aliphatic carbocycles. The molecule has 4 rings (SSSR count). The van der Waals surface area contributed by atoms with Crippen molar-refractivity contribution in [3.63, 3.8) is 0 Å². The lowest BCUT2D eigenvalue weighted by molar-refractivity contribution is -0.126. The lowest BCUT2D eigenvalue weighted by Gasteiger charge is -2.17. The minimum atomic E-state index is -0.592. The van der Waals surface area contributed by atoms with Crippen LogP contribution in [0.25, 0.3) is 0 Å². The number of ether oxygens (including phenoxy) is 1. The molecule has 2 aromatic carbocycles. The first kappa shape index (κ1) is 22.1. The summed E-state index contributed by atoms with van der Waals surface area (Å²) < 4.78 is 11.1. The molecule has 1 unspecified atom stereocenters. The molecule has 8 nitrogen and oxygen atoms in total. The van der Waals surface area contributed by atoms with Gasteiger partial charge < -0.3 is 14.1 Å². The molecular weight excluding hydrogens is 422 g/mol. The molecule has 0 bridgehead atoms. The number of rotatable bonds is 7. The van der Waals surface area contributed by atoms with Gasteiger partial charge in [0.25, 0.3) is 0 Å². The van der Waals surface area contributed by atoms with Gasteiger partial charge in [-0.05, 0) is 48.4 Å². The molecule has 33 heavy (non-hydrogen) atoms. The molecule has 2 N–H and O–H groups in total. The quantitative estimate of drug-likeness (QED) is 0.542. The number of furan rings is 1. The lowest BCUT2D eigenvalue weighted by Crippen LogP contribution is -2.45. The van der Waals surface area contributed by atoms with Gasteiger partial charge in [-0.3, -0.25) is 25.2 Å². The van der Waals surface area contributed by atoms with Crippen LogP contribution in [0.3, 0.4) is 0 Å². The Labute approximate surface area is 191 Å². The van der Waals surface area contributed by atoms with Crippen LogP contribution < -0.4 is 20.5 Å². The average Bonchev–Trinajstić information content (AvgIpc) is 3.49. The summed E-state index contributed by atoms with van der Waals surface area (Å²) in [4.78, 5) is 38.8. The smallest absolute Gasteiger partial charge is 0.305 e. The Kier molecular flexibility index (Phi) is 6.73. The highest BCUT2D eigenvalue weighted by Crippen LogP contribution is 2.25. The highest BCUT2D eigenvalue weighted by atomic mass is 16.5. The molecule has 1 saturated heterocycles. The third-order valence-corrected chi connectivity index (χ3v) is 5.46. The second kappa shape index (κ2) is 10.0. The minimum Gasteiger partial charge on any atom is -0.486 e. The summed E-state index contributed by atoms with van der Waals surface area (Å²) in [6, 6.07) is 20.1. The molecule has 170 valence electrons. The maximum absolute atomic E-state index is 12.5. The van der Waals surface area contributed by atoms with Crippen LogP contribution in [-0.2, 0) is 22.6 Å². The van der Waals surface area contributed by atoms with Crippen LogP contribution in [0.2, 0.25) is 0 Å². The number of benzene rings is 2. The summed E-state index contributed by atoms with van der Waals surface area (Å²) in [5.74, 6) is -0.499. The maximum Gasteiger partial charge on any atom is 0.305 e. The molecule has 1 aromatic heterocycles. The van der Waals surface area contributed by atoms with Gasteiger partial charge in [-0.25, -0.2) is 0 Å². The molecule has 1 atom stereocenters. The van der Waals surface area contributed by atoms with Gasteiger partial charge in [0, 0.05) is 18.7 Å². The fourth-order valence-corrected chi connectivity index (χ4v) is 3.58. The molecule has 8 heteroatoms. The normalized spacial score (nSPS) is 15.4. The van der Waals surface area contributed by atoms with Gasteiger partial charge in [-0.15, -0.1) is 0 Å². The van der Waals surface area contributed by atoms with E-state index in [1.54, 1.807) is 11.0 Å². The fourth-order valence-electron chi connectivity index (χ4n) is 3.58. The predicted molar refractivity (Wildman–Crippen MR) is 121 cm³/mol. The van der Waals surface area contributed by atoms with Crippen LogP contribution in [0.15, 0.2) is 71.1 Å². The van der Waals surface area contributed by atoms with Crippen molar-refractivity contribution in [1.82, 2.24) is 10.9 Å². The zero-order valence-corrected chi connectivity index (χ0v) is 18.2. The van der Waals surface area contributed by atoms with Crippen LogP contribution in [0.1, 0.15) is 35.2 Å². The summed E-state index contributed by atoms with van der Waals surface area (Å²) in [6.45, 7) is 2.49. The number of para-hydroxylation sites is 1. The van der Waals surface area contributed by atoms with Crippen LogP contribution >= 0.6 is 0 Å². The molecular formula is C25H25N3O5. The first-order chi connectivity index (χ1) is 16.0. The van der Waals surface area contributed by atoms with Crippen LogP contribution in [-0.4, -0.2) is 24.3 Å². The van der Waals surface area contributed by atoms with Crippen molar-refractivity contribution >= 4 is 23.4 Å². The van der Waals surface area contributed by atoms with Crippen molar-refractivity contribution in [3.05, 3.63) is 83.8 Å². The summed E-state index contributed by atoms with van der Waals surface area (Å²) in [6.07, 6.45) is 0.995. The Hall–Kier alpha value is -4.07. The van der Waals surface area contributed by atoms with Crippen LogP contribution in [0.4, 0.5) is 5.69 Å². The Morgan fingerprint density at radius 2 is 1.79 bits per heavy atom. The topological polar surface area (TPSA) is 101 Å². The predicted octanol–water partition coefficient (Wildman–Crippen LogP) is 3.24. The van der Waals surface area contributed by atoms with Crippen molar-refractivity contribution in [2.24, 2.45) is 5.92 Å². The molecule has 0 spiro atoms. The summed E-state index contributed by atoms with van der Waals surface area (Å²) in [7, 11) is 0. The Morgan fingerprint density at radius 3 is 2.52 bits per heavy atom. The number of hydrogen-bond acceptors (Lipinski definition) is 5. The number of hydrogen-bond donors (Lipinski definition) is 2. The van der Waals surface area contributed by atoms with Crippen molar-refractivity contribution in [2.45, 2.75) is 26.4 Å². The van der Waals surface area contributed by atoms with Gasteiger partial charge in [0.15, 0.2) is 5.76 Å². The number of carbonyl (C=O) groups excluding carboxylic acids is 3. The summed E-state index contributed by atoms with van der Waals surface area (Å²) in [5.41, 5.74) is 6.67. The van der Waals surface area contributed by atoms with Gasteiger partial charge in [0.2, 0.25) is 11.8 Å². The minimum absolute atomic E-state index is 0.0436. The largest absolute Gasteiger partial charge is 0.486 e. The number of anilines is 1. The Balaban J connectivity index is 1.26. The van der Waals surface area contributed by atoms with E-state index in [1.165, 1.54) is 11.6 Å². The molecule has 1 fully saturated rings. The first-order valence-corrected chi connectivity index (χ1v) is 10.8. The second-order valence-corrected chi connectivity index (χ2v) is 7.74. The van der Waals surface area contributed by atoms with Gasteiger partial charge in [0.1, 0.15) is 18.1 Å². The number of carbonyl (C=O) groups is 3. The van der Waals surface area contributed by atoms with Gasteiger partial charge in [-0.1, -0.05) is 37.3 Å². The van der Waals surface area contributed by atoms with E-state index in [9.17, 15) is 14.4 Å². The SMILES string of the molecule is CCc1ccc(N2CC(C(=O)NNC(=O)c3ccc(COc4ccccc4)o3)CC2=O)cc1. The first-order valence-electron chi connectivity index (χ1n) is 10.8. The standard InChI is InChI=1S/C25H25N3O5/c1-2-17-8-10-19(11-9-17)28-15-18(14-23(28)29)24(30)26-27-25(31)22-13-12-21(33-22)16-32-20-6-4-3-5-7-20/h3-13,18H,2,14-16H2,1H3,(H,26,30)(H,27,31). The fraction of sp³-hybridized carbons (Fsp3) is 0.240. The van der Waals surface area contributed by atoms with E-state index in [0.29, 0.717) is 11.5 Å².